The molecule has 108 valence electrons. The molecule has 0 amide bonds. The Kier molecular flexibility index (Phi) is 5.56. The second kappa shape index (κ2) is 6.93. The molecule has 1 heterocycles. The average Bonchev–Trinajstić information content (AvgIpc) is 2.41. The standard InChI is InChI=1S/C7H14N6O6/c14-1-11(2-15)5-8-6(12(3-16)4-17)10-7(9-5)13(18)19/h14-19H,1-4H2. The Morgan fingerprint density at radius 2 is 0.947 bits per heavy atom. The van der Waals surface area contributed by atoms with E-state index in [-0.39, 0.29) is 11.9 Å². The minimum Gasteiger partial charge on any atom is -0.376 e. The molecule has 0 unspecified atom stereocenters. The molecule has 12 nitrogen and oxygen atoms in total. The van der Waals surface area contributed by atoms with Crippen LogP contribution in [0.5, 0.6) is 0 Å². The van der Waals surface area contributed by atoms with E-state index in [0.717, 1.165) is 9.80 Å². The molecular formula is C7H14N6O6. The molecular weight excluding hydrogens is 264 g/mol. The molecule has 12 heteroatoms. The summed E-state index contributed by atoms with van der Waals surface area (Å²) in [5.74, 6) is -1.20. The highest BCUT2D eigenvalue weighted by atomic mass is 16.8. The Hall–Kier alpha value is -1.83. The fourth-order valence-electron chi connectivity index (χ4n) is 1.06. The third-order valence-corrected chi connectivity index (χ3v) is 2.03. The van der Waals surface area contributed by atoms with Crippen molar-refractivity contribution in [2.75, 3.05) is 41.9 Å². The number of hydrogen-bond acceptors (Lipinski definition) is 12. The van der Waals surface area contributed by atoms with E-state index in [1.54, 1.807) is 0 Å². The van der Waals surface area contributed by atoms with Crippen molar-refractivity contribution in [1.29, 1.82) is 0 Å². The number of nitrogens with zero attached hydrogens (tertiary/aromatic N) is 6. The number of anilines is 3. The topological polar surface area (TPSA) is 170 Å². The number of hydrogen-bond donors (Lipinski definition) is 6. The van der Waals surface area contributed by atoms with E-state index in [0.29, 0.717) is 0 Å². The summed E-state index contributed by atoms with van der Waals surface area (Å²) in [6.07, 6.45) is 0. The van der Waals surface area contributed by atoms with Gasteiger partial charge in [-0.3, -0.25) is 20.2 Å². The second-order valence-corrected chi connectivity index (χ2v) is 3.17. The normalized spacial score (nSPS) is 10.4. The van der Waals surface area contributed by atoms with Gasteiger partial charge >= 0.3 is 0 Å². The van der Waals surface area contributed by atoms with E-state index >= 15 is 0 Å². The van der Waals surface area contributed by atoms with Crippen LogP contribution < -0.4 is 15.0 Å². The van der Waals surface area contributed by atoms with Gasteiger partial charge in [-0.1, -0.05) is 5.23 Å². The average molecular weight is 278 g/mol. The number of rotatable bonds is 7. The van der Waals surface area contributed by atoms with Gasteiger partial charge in [0.1, 0.15) is 26.9 Å². The van der Waals surface area contributed by atoms with Crippen LogP contribution in [0.25, 0.3) is 0 Å². The summed E-state index contributed by atoms with van der Waals surface area (Å²) in [5.41, 5.74) is 0. The number of aliphatic hydroxyl groups is 4. The maximum atomic E-state index is 8.97. The van der Waals surface area contributed by atoms with E-state index in [4.69, 9.17) is 30.8 Å². The Balaban J connectivity index is 3.24. The van der Waals surface area contributed by atoms with Gasteiger partial charge in [0.05, 0.1) is 0 Å². The molecule has 0 aliphatic carbocycles. The van der Waals surface area contributed by atoms with E-state index in [9.17, 15) is 0 Å². The summed E-state index contributed by atoms with van der Waals surface area (Å²) >= 11 is 0. The van der Waals surface area contributed by atoms with Crippen LogP contribution in [0.3, 0.4) is 0 Å². The molecule has 0 aromatic carbocycles. The van der Waals surface area contributed by atoms with Gasteiger partial charge in [0, 0.05) is 0 Å². The molecule has 0 fully saturated rings. The van der Waals surface area contributed by atoms with E-state index in [2.05, 4.69) is 15.0 Å². The minimum atomic E-state index is -0.644. The fraction of sp³-hybridized carbons (Fsp3) is 0.571. The largest absolute Gasteiger partial charge is 0.376 e. The van der Waals surface area contributed by atoms with Crippen molar-refractivity contribution in [3.05, 3.63) is 0 Å². The number of aliphatic hydroxyl groups excluding tert-OH is 4. The van der Waals surface area contributed by atoms with E-state index < -0.39 is 38.1 Å². The Morgan fingerprint density at radius 1 is 0.632 bits per heavy atom. The van der Waals surface area contributed by atoms with Gasteiger partial charge in [-0.2, -0.15) is 15.0 Å². The highest BCUT2D eigenvalue weighted by molar-refractivity contribution is 5.43. The molecule has 0 bridgehead atoms. The van der Waals surface area contributed by atoms with Crippen LogP contribution in [-0.2, 0) is 0 Å². The monoisotopic (exact) mass is 278 g/mol. The zero-order chi connectivity index (χ0) is 14.4. The summed E-state index contributed by atoms with van der Waals surface area (Å²) < 4.78 is 0. The first-order valence-electron chi connectivity index (χ1n) is 4.94. The molecule has 0 aliphatic rings. The smallest absolute Gasteiger partial charge is 0.283 e. The molecule has 0 atom stereocenters. The third-order valence-electron chi connectivity index (χ3n) is 2.03. The van der Waals surface area contributed by atoms with Crippen LogP contribution in [0, 0.1) is 0 Å². The quantitative estimate of drug-likeness (QED) is 0.219. The first kappa shape index (κ1) is 15.2. The van der Waals surface area contributed by atoms with Crippen molar-refractivity contribution < 1.29 is 30.8 Å². The first-order valence-corrected chi connectivity index (χ1v) is 4.94. The van der Waals surface area contributed by atoms with Crippen molar-refractivity contribution >= 4 is 17.8 Å². The molecule has 0 saturated heterocycles. The lowest BCUT2D eigenvalue weighted by Crippen LogP contribution is -2.32. The molecule has 0 radical (unpaired) electrons. The van der Waals surface area contributed by atoms with Crippen LogP contribution in [0.2, 0.25) is 0 Å². The van der Waals surface area contributed by atoms with Crippen LogP contribution in [-0.4, -0.2) is 72.7 Å². The molecule has 0 spiro atoms. The lowest BCUT2D eigenvalue weighted by Gasteiger charge is -2.21. The third kappa shape index (κ3) is 3.57. The van der Waals surface area contributed by atoms with Gasteiger partial charge in [0.15, 0.2) is 0 Å². The van der Waals surface area contributed by atoms with Gasteiger partial charge in [0.25, 0.3) is 5.95 Å². The minimum absolute atomic E-state index is 0.287. The van der Waals surface area contributed by atoms with Crippen LogP contribution in [0.1, 0.15) is 0 Å². The maximum Gasteiger partial charge on any atom is 0.283 e. The van der Waals surface area contributed by atoms with E-state index in [1.807, 2.05) is 0 Å². The van der Waals surface area contributed by atoms with E-state index in [1.165, 1.54) is 0 Å². The van der Waals surface area contributed by atoms with Gasteiger partial charge in [-0.05, 0) is 0 Å². The highest BCUT2D eigenvalue weighted by Crippen LogP contribution is 2.16. The van der Waals surface area contributed by atoms with Gasteiger partial charge < -0.3 is 20.4 Å². The lowest BCUT2D eigenvalue weighted by atomic mass is 10.7. The number of aromatic nitrogens is 3. The van der Waals surface area contributed by atoms with Crippen molar-refractivity contribution in [2.24, 2.45) is 0 Å². The van der Waals surface area contributed by atoms with Crippen molar-refractivity contribution in [2.45, 2.75) is 0 Å². The lowest BCUT2D eigenvalue weighted by molar-refractivity contribution is 0.0240. The molecule has 19 heavy (non-hydrogen) atoms. The predicted octanol–water partition coefficient (Wildman–Crippen LogP) is -3.13. The van der Waals surface area contributed by atoms with Crippen LogP contribution >= 0.6 is 0 Å². The summed E-state index contributed by atoms with van der Waals surface area (Å²) in [5, 5.41) is 53.2. The summed E-state index contributed by atoms with van der Waals surface area (Å²) in [4.78, 5) is 12.6. The predicted molar refractivity (Wildman–Crippen MR) is 59.2 cm³/mol. The molecule has 1 rings (SSSR count). The summed E-state index contributed by atoms with van der Waals surface area (Å²) in [7, 11) is 0. The molecule has 1 aromatic rings. The highest BCUT2D eigenvalue weighted by Gasteiger charge is 2.17. The zero-order valence-corrected chi connectivity index (χ0v) is 9.69. The van der Waals surface area contributed by atoms with Gasteiger partial charge in [-0.25, -0.2) is 0 Å². The van der Waals surface area contributed by atoms with Gasteiger partial charge in [-0.15, -0.1) is 0 Å². The van der Waals surface area contributed by atoms with Crippen LogP contribution in [0.15, 0.2) is 0 Å². The Morgan fingerprint density at radius 3 is 1.21 bits per heavy atom. The van der Waals surface area contributed by atoms with Crippen LogP contribution in [0.4, 0.5) is 17.8 Å². The Bertz CT molecular complexity index is 367. The summed E-state index contributed by atoms with van der Waals surface area (Å²) in [6.45, 7) is -2.58. The second-order valence-electron chi connectivity index (χ2n) is 3.17. The van der Waals surface area contributed by atoms with Crippen molar-refractivity contribution in [1.82, 2.24) is 15.0 Å². The summed E-state index contributed by atoms with van der Waals surface area (Å²) in [6, 6.07) is 0. The van der Waals surface area contributed by atoms with Crippen molar-refractivity contribution in [3.63, 3.8) is 0 Å². The van der Waals surface area contributed by atoms with Gasteiger partial charge in [0.2, 0.25) is 11.9 Å². The first-order chi connectivity index (χ1) is 9.07. The zero-order valence-electron chi connectivity index (χ0n) is 9.69. The molecule has 6 N–H and O–H groups in total. The fourth-order valence-corrected chi connectivity index (χ4v) is 1.06. The molecule has 1 aromatic heterocycles. The SMILES string of the molecule is OCN(CO)c1nc(N(O)O)nc(N(CO)CO)n1. The maximum absolute atomic E-state index is 8.97. The molecule has 0 saturated carbocycles. The Labute approximate surface area is 107 Å². The van der Waals surface area contributed by atoms with Crippen molar-refractivity contribution in [3.8, 4) is 0 Å². The molecule has 0 aliphatic heterocycles.